The fourth-order valence-electron chi connectivity index (χ4n) is 5.97. The number of rotatable bonds is 21. The highest BCUT2D eigenvalue weighted by Crippen LogP contribution is 2.36. The molecule has 4 rings (SSSR count). The van der Waals surface area contributed by atoms with E-state index in [2.05, 4.69) is 10.0 Å². The second-order valence-corrected chi connectivity index (χ2v) is 13.2. The van der Waals surface area contributed by atoms with Crippen LogP contribution in [0.2, 0.25) is 0 Å². The van der Waals surface area contributed by atoms with Gasteiger partial charge in [0.2, 0.25) is 6.29 Å². The first-order chi connectivity index (χ1) is 27.1. The Morgan fingerprint density at radius 3 is 2.07 bits per heavy atom. The van der Waals surface area contributed by atoms with Gasteiger partial charge in [-0.3, -0.25) is 9.59 Å². The topological polar surface area (TPSA) is 212 Å². The molecule has 10 atom stereocenters. The van der Waals surface area contributed by atoms with E-state index >= 15 is 0 Å². The molecule has 4 unspecified atom stereocenters. The first kappa shape index (κ1) is 44.5. The number of carbonyl (C=O) groups is 3. The van der Waals surface area contributed by atoms with Crippen LogP contribution in [0.4, 0.5) is 0 Å². The SMILES string of the molecule is CCCCOC1[C@H](O[C@H]2OC(COC(C)=O)[C@@H](O)[C@H](OCCCC)C2N=[N+]=[N-])C(COC(=O)CCl)O[C@@H](Oc2ccc(OC)cc2)[C@H]1OC(=O)c1ccccc1. The summed E-state index contributed by atoms with van der Waals surface area (Å²) in [6.07, 6.45) is -9.00. The number of azide groups is 1. The molecule has 2 aromatic carbocycles. The highest BCUT2D eigenvalue weighted by atomic mass is 35.5. The minimum Gasteiger partial charge on any atom is -0.497 e. The lowest BCUT2D eigenvalue weighted by Crippen LogP contribution is -2.66. The van der Waals surface area contributed by atoms with Crippen molar-refractivity contribution in [1.82, 2.24) is 0 Å². The van der Waals surface area contributed by atoms with Crippen LogP contribution in [0.15, 0.2) is 59.7 Å². The van der Waals surface area contributed by atoms with Crippen LogP contribution in [-0.4, -0.2) is 124 Å². The van der Waals surface area contributed by atoms with Crippen LogP contribution in [0, 0.1) is 0 Å². The number of nitrogens with zero attached hydrogens (tertiary/aromatic N) is 3. The summed E-state index contributed by atoms with van der Waals surface area (Å²) >= 11 is 5.77. The molecule has 0 spiro atoms. The molecule has 18 heteroatoms. The van der Waals surface area contributed by atoms with Gasteiger partial charge in [0.1, 0.15) is 67.2 Å². The summed E-state index contributed by atoms with van der Waals surface area (Å²) < 4.78 is 60.1. The van der Waals surface area contributed by atoms with Crippen molar-refractivity contribution in [2.45, 2.75) is 108 Å². The number of hydrogen-bond acceptors (Lipinski definition) is 15. The summed E-state index contributed by atoms with van der Waals surface area (Å²) in [4.78, 5) is 40.9. The lowest BCUT2D eigenvalue weighted by molar-refractivity contribution is -0.341. The van der Waals surface area contributed by atoms with Gasteiger partial charge in [-0.2, -0.15) is 0 Å². The van der Waals surface area contributed by atoms with E-state index in [4.69, 9.17) is 59.0 Å². The van der Waals surface area contributed by atoms with Gasteiger partial charge in [0.15, 0.2) is 12.4 Å². The van der Waals surface area contributed by atoms with Crippen LogP contribution in [0.1, 0.15) is 56.8 Å². The third-order valence-corrected chi connectivity index (χ3v) is 9.08. The summed E-state index contributed by atoms with van der Waals surface area (Å²) in [5.41, 5.74) is 9.90. The van der Waals surface area contributed by atoms with E-state index in [1.54, 1.807) is 54.6 Å². The van der Waals surface area contributed by atoms with E-state index in [9.17, 15) is 25.0 Å². The Morgan fingerprint density at radius 2 is 1.46 bits per heavy atom. The minimum absolute atomic E-state index is 0.158. The Hall–Kier alpha value is -4.19. The molecule has 2 fully saturated rings. The summed E-state index contributed by atoms with van der Waals surface area (Å²) in [6, 6.07) is 13.5. The summed E-state index contributed by atoms with van der Waals surface area (Å²) in [5, 5.41) is 15.3. The number of benzene rings is 2. The molecule has 0 aliphatic carbocycles. The Labute approximate surface area is 330 Å². The Morgan fingerprint density at radius 1 is 0.839 bits per heavy atom. The number of carbonyl (C=O) groups excluding carboxylic acids is 3. The van der Waals surface area contributed by atoms with Gasteiger partial charge in [-0.25, -0.2) is 4.79 Å². The second kappa shape index (κ2) is 23.1. The number of aliphatic hydroxyl groups excluding tert-OH is 1. The molecule has 0 saturated carbocycles. The predicted octanol–water partition coefficient (Wildman–Crippen LogP) is 4.89. The van der Waals surface area contributed by atoms with Crippen molar-refractivity contribution in [1.29, 1.82) is 0 Å². The number of alkyl halides is 1. The molecule has 0 amide bonds. The van der Waals surface area contributed by atoms with Crippen molar-refractivity contribution < 1.29 is 66.9 Å². The molecular formula is C38H50ClN3O14. The zero-order valence-electron chi connectivity index (χ0n) is 31.8. The van der Waals surface area contributed by atoms with Crippen molar-refractivity contribution in [3.8, 4) is 11.5 Å². The van der Waals surface area contributed by atoms with Gasteiger partial charge in [-0.15, -0.1) is 11.6 Å². The lowest BCUT2D eigenvalue weighted by Gasteiger charge is -2.48. The van der Waals surface area contributed by atoms with E-state index in [-0.39, 0.29) is 18.8 Å². The highest BCUT2D eigenvalue weighted by molar-refractivity contribution is 6.26. The monoisotopic (exact) mass is 807 g/mol. The number of unbranched alkanes of at least 4 members (excludes halogenated alkanes) is 2. The third kappa shape index (κ3) is 12.7. The molecule has 2 saturated heterocycles. The Bertz CT molecular complexity index is 1570. The van der Waals surface area contributed by atoms with Crippen LogP contribution in [-0.2, 0) is 47.5 Å². The molecule has 2 aromatic rings. The quantitative estimate of drug-likeness (QED) is 0.0339. The Kier molecular flexibility index (Phi) is 18.4. The van der Waals surface area contributed by atoms with E-state index in [1.165, 1.54) is 14.0 Å². The molecule has 17 nitrogen and oxygen atoms in total. The van der Waals surface area contributed by atoms with E-state index in [1.807, 2.05) is 13.8 Å². The van der Waals surface area contributed by atoms with Crippen molar-refractivity contribution in [2.24, 2.45) is 5.11 Å². The van der Waals surface area contributed by atoms with Gasteiger partial charge in [0, 0.05) is 25.0 Å². The smallest absolute Gasteiger partial charge is 0.338 e. The molecule has 1 N–H and O–H groups in total. The first-order valence-corrected chi connectivity index (χ1v) is 19.0. The maximum atomic E-state index is 13.7. The number of esters is 3. The number of halogens is 1. The molecular weight excluding hydrogens is 758 g/mol. The van der Waals surface area contributed by atoms with Crippen LogP contribution in [0.25, 0.3) is 10.4 Å². The molecule has 2 heterocycles. The fourth-order valence-corrected chi connectivity index (χ4v) is 6.04. The van der Waals surface area contributed by atoms with Gasteiger partial charge in [0.05, 0.1) is 18.8 Å². The summed E-state index contributed by atoms with van der Waals surface area (Å²) in [6.45, 7) is 4.63. The minimum atomic E-state index is -1.50. The molecule has 2 aliphatic rings. The second-order valence-electron chi connectivity index (χ2n) is 12.9. The van der Waals surface area contributed by atoms with Crippen molar-refractivity contribution in [3.63, 3.8) is 0 Å². The maximum Gasteiger partial charge on any atom is 0.338 e. The first-order valence-electron chi connectivity index (χ1n) is 18.5. The van der Waals surface area contributed by atoms with Gasteiger partial charge in [-0.05, 0) is 54.8 Å². The molecule has 56 heavy (non-hydrogen) atoms. The van der Waals surface area contributed by atoms with Crippen LogP contribution in [0.5, 0.6) is 11.5 Å². The number of methoxy groups -OCH3 is 1. The van der Waals surface area contributed by atoms with Gasteiger partial charge >= 0.3 is 17.9 Å². The average molecular weight is 808 g/mol. The normalized spacial score (nSPS) is 27.3. The number of hydrogen-bond donors (Lipinski definition) is 1. The predicted molar refractivity (Wildman–Crippen MR) is 198 cm³/mol. The van der Waals surface area contributed by atoms with Gasteiger partial charge < -0.3 is 52.5 Å². The van der Waals surface area contributed by atoms with Gasteiger partial charge in [-0.1, -0.05) is 50.0 Å². The summed E-state index contributed by atoms with van der Waals surface area (Å²) in [7, 11) is 1.52. The lowest BCUT2D eigenvalue weighted by atomic mass is 9.95. The van der Waals surface area contributed by atoms with E-state index < -0.39 is 98.4 Å². The highest BCUT2D eigenvalue weighted by Gasteiger charge is 2.55. The summed E-state index contributed by atoms with van der Waals surface area (Å²) in [5.74, 6) is -1.71. The average Bonchev–Trinajstić information content (AvgIpc) is 3.20. The van der Waals surface area contributed by atoms with Crippen LogP contribution >= 0.6 is 11.6 Å². The Balaban J connectivity index is 1.81. The number of ether oxygens (including phenoxy) is 10. The fraction of sp³-hybridized carbons (Fsp3) is 0.605. The zero-order chi connectivity index (χ0) is 40.5. The third-order valence-electron chi connectivity index (χ3n) is 8.86. The van der Waals surface area contributed by atoms with E-state index in [0.717, 1.165) is 12.8 Å². The van der Waals surface area contributed by atoms with Crippen LogP contribution < -0.4 is 9.47 Å². The standard InChI is InChI=1S/C38H50ClN3O14/c1-5-7-18-48-33-30(41-42-40)37(53-27(31(33)45)21-50-23(3)43)56-32-28(22-51-29(44)20-39)54-38(52-26-16-14-25(47-4)15-17-26)35(34(32)49-19-8-6-2)55-36(46)24-12-10-9-11-13-24/h9-17,27-28,30-35,37-38,45H,5-8,18-22H2,1-4H3/t27?,28?,30?,31-,32-,33-,34?,35+,37-,38-/m1/s1. The van der Waals surface area contributed by atoms with E-state index in [0.29, 0.717) is 24.3 Å². The van der Waals surface area contributed by atoms with Crippen molar-refractivity contribution >= 4 is 29.5 Å². The van der Waals surface area contributed by atoms with Crippen LogP contribution in [0.3, 0.4) is 0 Å². The van der Waals surface area contributed by atoms with Crippen molar-refractivity contribution in [3.05, 3.63) is 70.6 Å². The van der Waals surface area contributed by atoms with Crippen molar-refractivity contribution in [2.75, 3.05) is 39.4 Å². The molecule has 0 aromatic heterocycles. The number of aliphatic hydroxyl groups is 1. The maximum absolute atomic E-state index is 13.7. The zero-order valence-corrected chi connectivity index (χ0v) is 32.6. The van der Waals surface area contributed by atoms with Gasteiger partial charge in [0.25, 0.3) is 0 Å². The molecule has 0 radical (unpaired) electrons. The molecule has 0 bridgehead atoms. The molecule has 308 valence electrons. The molecule has 2 aliphatic heterocycles. The largest absolute Gasteiger partial charge is 0.497 e.